The second kappa shape index (κ2) is 11.4. The van der Waals surface area contributed by atoms with Crippen LogP contribution in [0.15, 0.2) is 18.3 Å². The fraction of sp³-hybridized carbons (Fsp3) is 0.429. The van der Waals surface area contributed by atoms with Crippen molar-refractivity contribution in [2.75, 3.05) is 51.3 Å². The number of fused-ring (bicyclic) bond motifs is 1. The Kier molecular flexibility index (Phi) is 8.57. The van der Waals surface area contributed by atoms with Crippen molar-refractivity contribution in [1.82, 2.24) is 9.97 Å². The minimum absolute atomic E-state index is 0.269. The summed E-state index contributed by atoms with van der Waals surface area (Å²) in [6, 6.07) is 5.18. The van der Waals surface area contributed by atoms with Crippen LogP contribution in [0.1, 0.15) is 29.5 Å². The number of hydrogen-bond donors (Lipinski definition) is 1. The summed E-state index contributed by atoms with van der Waals surface area (Å²) in [5.74, 6) is 1.16. The van der Waals surface area contributed by atoms with Crippen LogP contribution in [0.3, 0.4) is 0 Å². The third kappa shape index (κ3) is 5.44. The van der Waals surface area contributed by atoms with Crippen LogP contribution in [0, 0.1) is 14.9 Å². The number of halogens is 1. The van der Waals surface area contributed by atoms with Gasteiger partial charge >= 0.3 is 6.03 Å². The number of rotatable bonds is 8. The van der Waals surface area contributed by atoms with Crippen LogP contribution >= 0.6 is 22.6 Å². The Morgan fingerprint density at radius 1 is 1.31 bits per heavy atom. The molecule has 32 heavy (non-hydrogen) atoms. The van der Waals surface area contributed by atoms with Crippen molar-refractivity contribution in [3.8, 4) is 11.8 Å². The predicted octanol–water partition coefficient (Wildman–Crippen LogP) is 3.25. The third-order valence-electron chi connectivity index (χ3n) is 4.81. The van der Waals surface area contributed by atoms with Crippen molar-refractivity contribution < 1.29 is 23.7 Å². The van der Waals surface area contributed by atoms with Crippen molar-refractivity contribution in [2.45, 2.75) is 19.1 Å². The van der Waals surface area contributed by atoms with Crippen LogP contribution in [-0.4, -0.2) is 57.1 Å². The number of urea groups is 1. The average molecular weight is 553 g/mol. The number of hydrogen-bond acceptors (Lipinski definition) is 8. The molecule has 1 aliphatic rings. The van der Waals surface area contributed by atoms with E-state index in [0.29, 0.717) is 30.4 Å². The molecule has 2 amide bonds. The molecule has 3 rings (SSSR count). The molecule has 0 radical (unpaired) electrons. The summed E-state index contributed by atoms with van der Waals surface area (Å²) in [5.41, 5.74) is 1.86. The van der Waals surface area contributed by atoms with E-state index in [1.54, 1.807) is 26.2 Å². The number of carbonyl (C=O) groups excluding carboxylic acids is 1. The number of nitrogens with zero attached hydrogens (tertiary/aromatic N) is 4. The number of nitrogens with one attached hydrogen (secondary N) is 1. The van der Waals surface area contributed by atoms with Crippen LogP contribution in [-0.2, 0) is 20.6 Å². The van der Waals surface area contributed by atoms with Crippen molar-refractivity contribution in [3.63, 3.8) is 0 Å². The molecule has 3 heterocycles. The van der Waals surface area contributed by atoms with Crippen LogP contribution in [0.2, 0.25) is 0 Å². The molecule has 0 saturated heterocycles. The zero-order chi connectivity index (χ0) is 23.1. The lowest BCUT2D eigenvalue weighted by Crippen LogP contribution is -2.40. The third-order valence-corrected chi connectivity index (χ3v) is 5.67. The van der Waals surface area contributed by atoms with Gasteiger partial charge in [-0.25, -0.2) is 14.8 Å². The number of pyridine rings is 2. The number of methoxy groups -OCH3 is 3. The van der Waals surface area contributed by atoms with Crippen LogP contribution in [0.5, 0.6) is 5.75 Å². The Morgan fingerprint density at radius 3 is 2.78 bits per heavy atom. The lowest BCUT2D eigenvalue weighted by atomic mass is 10.1. The second-order valence-electron chi connectivity index (χ2n) is 6.85. The van der Waals surface area contributed by atoms with E-state index in [0.717, 1.165) is 22.0 Å². The molecule has 11 heteroatoms. The first-order chi connectivity index (χ1) is 15.5. The molecular formula is C21H24IN5O5. The highest BCUT2D eigenvalue weighted by atomic mass is 127. The van der Waals surface area contributed by atoms with E-state index in [1.165, 1.54) is 12.3 Å². The molecule has 0 bridgehead atoms. The molecule has 2 aromatic heterocycles. The van der Waals surface area contributed by atoms with Crippen molar-refractivity contribution in [3.05, 3.63) is 38.7 Å². The molecular weight excluding hydrogens is 529 g/mol. The van der Waals surface area contributed by atoms with Crippen molar-refractivity contribution in [2.24, 2.45) is 0 Å². The number of ether oxygens (including phenoxy) is 4. The molecule has 0 aliphatic carbocycles. The summed E-state index contributed by atoms with van der Waals surface area (Å²) < 4.78 is 22.2. The van der Waals surface area contributed by atoms with Crippen LogP contribution in [0.25, 0.3) is 0 Å². The first-order valence-electron chi connectivity index (χ1n) is 9.87. The number of aryl methyl sites for hydroxylation is 1. The Morgan fingerprint density at radius 2 is 2.09 bits per heavy atom. The van der Waals surface area contributed by atoms with Crippen LogP contribution in [0.4, 0.5) is 16.4 Å². The monoisotopic (exact) mass is 553 g/mol. The molecule has 0 saturated carbocycles. The molecule has 0 unspecified atom stereocenters. The van der Waals surface area contributed by atoms with E-state index in [2.05, 4.69) is 32.9 Å². The second-order valence-corrected chi connectivity index (χ2v) is 8.01. The number of nitriles is 1. The van der Waals surface area contributed by atoms with Crippen LogP contribution < -0.4 is 15.0 Å². The topological polar surface area (TPSA) is 119 Å². The number of aromatic nitrogens is 2. The quantitative estimate of drug-likeness (QED) is 0.301. The molecule has 170 valence electrons. The smallest absolute Gasteiger partial charge is 0.328 e. The summed E-state index contributed by atoms with van der Waals surface area (Å²) >= 11 is 2.19. The van der Waals surface area contributed by atoms with Gasteiger partial charge in [0.15, 0.2) is 0 Å². The molecule has 0 aromatic carbocycles. The Balaban J connectivity index is 1.85. The van der Waals surface area contributed by atoms with E-state index in [9.17, 15) is 10.1 Å². The summed E-state index contributed by atoms with van der Waals surface area (Å²) in [4.78, 5) is 23.5. The lowest BCUT2D eigenvalue weighted by molar-refractivity contribution is -0.109. The van der Waals surface area contributed by atoms with Gasteiger partial charge in [-0.3, -0.25) is 10.2 Å². The fourth-order valence-electron chi connectivity index (χ4n) is 3.29. The molecule has 0 atom stereocenters. The van der Waals surface area contributed by atoms with Gasteiger partial charge in [0.2, 0.25) is 6.29 Å². The van der Waals surface area contributed by atoms with E-state index >= 15 is 0 Å². The van der Waals surface area contributed by atoms with Gasteiger partial charge in [0, 0.05) is 37.5 Å². The zero-order valence-electron chi connectivity index (χ0n) is 18.1. The minimum Gasteiger partial charge on any atom is -0.490 e. The molecule has 2 aromatic rings. The maximum Gasteiger partial charge on any atom is 0.328 e. The van der Waals surface area contributed by atoms with E-state index < -0.39 is 6.29 Å². The van der Waals surface area contributed by atoms with Crippen molar-refractivity contribution in [1.29, 1.82) is 5.26 Å². The SMILES string of the molecule is COCCOc1cc(NC(=O)N2CCCc3cc(I)c(C(OC)OC)nc32)ncc1C#N. The first kappa shape index (κ1) is 24.1. The van der Waals surface area contributed by atoms with E-state index in [-0.39, 0.29) is 24.0 Å². The highest BCUT2D eigenvalue weighted by Crippen LogP contribution is 2.32. The summed E-state index contributed by atoms with van der Waals surface area (Å²) in [7, 11) is 4.64. The van der Waals surface area contributed by atoms with E-state index in [1.807, 2.05) is 12.1 Å². The van der Waals surface area contributed by atoms with Gasteiger partial charge < -0.3 is 18.9 Å². The summed E-state index contributed by atoms with van der Waals surface area (Å²) in [6.07, 6.45) is 2.36. The molecule has 0 fully saturated rings. The standard InChI is InChI=1S/C21H24IN5O5/c1-29-7-8-32-16-10-17(24-12-14(16)11-23)25-21(28)27-6-4-5-13-9-15(22)18(26-19(13)27)20(30-2)31-3/h9-10,12,20H,4-8H2,1-3H3,(H,24,25,28). The molecule has 0 spiro atoms. The van der Waals surface area contributed by atoms with Gasteiger partial charge in [-0.05, 0) is 47.1 Å². The first-order valence-corrected chi connectivity index (χ1v) is 11.0. The molecule has 1 N–H and O–H groups in total. The Hall–Kier alpha value is -2.53. The van der Waals surface area contributed by atoms with Gasteiger partial charge in [-0.15, -0.1) is 0 Å². The fourth-order valence-corrected chi connectivity index (χ4v) is 4.04. The van der Waals surface area contributed by atoms with Gasteiger partial charge in [0.25, 0.3) is 0 Å². The Bertz CT molecular complexity index is 1010. The zero-order valence-corrected chi connectivity index (χ0v) is 20.2. The normalized spacial score (nSPS) is 12.9. The Labute approximate surface area is 200 Å². The van der Waals surface area contributed by atoms with Gasteiger partial charge in [0.1, 0.15) is 41.3 Å². The summed E-state index contributed by atoms with van der Waals surface area (Å²) in [6.45, 7) is 1.15. The maximum absolute atomic E-state index is 13.1. The lowest BCUT2D eigenvalue weighted by Gasteiger charge is -2.29. The molecule has 10 nitrogen and oxygen atoms in total. The van der Waals surface area contributed by atoms with E-state index in [4.69, 9.17) is 23.9 Å². The maximum atomic E-state index is 13.1. The van der Waals surface area contributed by atoms with Crippen molar-refractivity contribution >= 4 is 40.3 Å². The number of anilines is 2. The average Bonchev–Trinajstić information content (AvgIpc) is 2.80. The molecule has 1 aliphatic heterocycles. The van der Waals surface area contributed by atoms with Gasteiger partial charge in [-0.1, -0.05) is 0 Å². The highest BCUT2D eigenvalue weighted by Gasteiger charge is 2.28. The van der Waals surface area contributed by atoms with Gasteiger partial charge in [-0.2, -0.15) is 5.26 Å². The summed E-state index contributed by atoms with van der Waals surface area (Å²) in [5, 5.41) is 12.0. The minimum atomic E-state index is -0.633. The largest absolute Gasteiger partial charge is 0.490 e. The predicted molar refractivity (Wildman–Crippen MR) is 125 cm³/mol. The highest BCUT2D eigenvalue weighted by molar-refractivity contribution is 14.1. The number of amides is 2. The number of carbonyl (C=O) groups is 1. The van der Waals surface area contributed by atoms with Gasteiger partial charge in [0.05, 0.1) is 12.8 Å².